The van der Waals surface area contributed by atoms with Gasteiger partial charge in [0.15, 0.2) is 0 Å². The molecule has 88 valence electrons. The van der Waals surface area contributed by atoms with Gasteiger partial charge in [-0.1, -0.05) is 47.0 Å². The third kappa shape index (κ3) is 3.08. The summed E-state index contributed by atoms with van der Waals surface area (Å²) in [6.45, 7) is 4.70. The number of hydrogen-bond acceptors (Lipinski definition) is 1. The molecule has 1 heterocycles. The van der Waals surface area contributed by atoms with Gasteiger partial charge in [-0.25, -0.2) is 0 Å². The van der Waals surface area contributed by atoms with Crippen LogP contribution in [0.1, 0.15) is 38.2 Å². The summed E-state index contributed by atoms with van der Waals surface area (Å²) in [6, 6.07) is 9.30. The first-order chi connectivity index (χ1) is 7.77. The average Bonchev–Trinajstić information content (AvgIpc) is 2.48. The Hall–Kier alpha value is -0.340. The highest BCUT2D eigenvalue weighted by molar-refractivity contribution is 9.10. The predicted molar refractivity (Wildman–Crippen MR) is 72.5 cm³/mol. The second-order valence-corrected chi connectivity index (χ2v) is 5.61. The molecule has 0 aliphatic carbocycles. The van der Waals surface area contributed by atoms with E-state index in [-0.39, 0.29) is 0 Å². The minimum atomic E-state index is 0.731. The Labute approximate surface area is 107 Å². The van der Waals surface area contributed by atoms with Crippen LogP contribution in [0.15, 0.2) is 28.7 Å². The molecule has 1 aromatic carbocycles. The molecule has 1 saturated heterocycles. The molecule has 1 fully saturated rings. The highest BCUT2D eigenvalue weighted by Crippen LogP contribution is 2.22. The molecule has 0 amide bonds. The number of rotatable bonds is 2. The zero-order valence-corrected chi connectivity index (χ0v) is 11.5. The fourth-order valence-electron chi connectivity index (χ4n) is 2.41. The summed E-state index contributed by atoms with van der Waals surface area (Å²) < 4.78 is 1.24. The normalized spacial score (nSPS) is 23.0. The Balaban J connectivity index is 2.05. The van der Waals surface area contributed by atoms with Crippen LogP contribution in [0.3, 0.4) is 0 Å². The van der Waals surface area contributed by atoms with Crippen LogP contribution in [0.5, 0.6) is 0 Å². The third-order valence-corrected chi connectivity index (χ3v) is 4.30. The Morgan fingerprint density at radius 2 is 2.06 bits per heavy atom. The van der Waals surface area contributed by atoms with Crippen molar-refractivity contribution < 1.29 is 0 Å². The summed E-state index contributed by atoms with van der Waals surface area (Å²) >= 11 is 3.64. The SMILES string of the molecule is CC1CCCCCN1Cc1ccccc1Br. The van der Waals surface area contributed by atoms with E-state index < -0.39 is 0 Å². The smallest absolute Gasteiger partial charge is 0.0247 e. The van der Waals surface area contributed by atoms with Gasteiger partial charge < -0.3 is 0 Å². The Morgan fingerprint density at radius 1 is 1.25 bits per heavy atom. The van der Waals surface area contributed by atoms with Gasteiger partial charge in [0, 0.05) is 17.1 Å². The molecule has 1 unspecified atom stereocenters. The van der Waals surface area contributed by atoms with Crippen molar-refractivity contribution in [3.8, 4) is 0 Å². The van der Waals surface area contributed by atoms with Crippen LogP contribution in [0.2, 0.25) is 0 Å². The molecule has 1 aromatic rings. The van der Waals surface area contributed by atoms with Crippen molar-refractivity contribution in [2.45, 2.75) is 45.2 Å². The van der Waals surface area contributed by atoms with E-state index >= 15 is 0 Å². The summed E-state index contributed by atoms with van der Waals surface area (Å²) in [5, 5.41) is 0. The van der Waals surface area contributed by atoms with Gasteiger partial charge in [0.25, 0.3) is 0 Å². The van der Waals surface area contributed by atoms with Crippen LogP contribution in [-0.4, -0.2) is 17.5 Å². The van der Waals surface area contributed by atoms with Crippen LogP contribution in [-0.2, 0) is 6.54 Å². The Kier molecular flexibility index (Phi) is 4.42. The number of benzene rings is 1. The second-order valence-electron chi connectivity index (χ2n) is 4.76. The molecule has 0 radical (unpaired) electrons. The van der Waals surface area contributed by atoms with E-state index in [0.717, 1.165) is 12.6 Å². The first kappa shape index (κ1) is 12.1. The molecule has 0 N–H and O–H groups in total. The summed E-state index contributed by atoms with van der Waals surface area (Å²) in [5.41, 5.74) is 1.41. The van der Waals surface area contributed by atoms with Crippen LogP contribution < -0.4 is 0 Å². The Bertz CT molecular complexity index is 337. The molecule has 1 atom stereocenters. The fourth-order valence-corrected chi connectivity index (χ4v) is 2.82. The van der Waals surface area contributed by atoms with Crippen molar-refractivity contribution >= 4 is 15.9 Å². The van der Waals surface area contributed by atoms with Crippen LogP contribution in [0.4, 0.5) is 0 Å². The predicted octanol–water partition coefficient (Wildman–Crippen LogP) is 4.21. The molecule has 0 spiro atoms. The summed E-state index contributed by atoms with van der Waals surface area (Å²) in [6.07, 6.45) is 5.50. The maximum absolute atomic E-state index is 3.64. The van der Waals surface area contributed by atoms with E-state index in [9.17, 15) is 0 Å². The van der Waals surface area contributed by atoms with E-state index in [4.69, 9.17) is 0 Å². The van der Waals surface area contributed by atoms with Gasteiger partial charge in [0.2, 0.25) is 0 Å². The van der Waals surface area contributed by atoms with Gasteiger partial charge >= 0.3 is 0 Å². The van der Waals surface area contributed by atoms with Crippen molar-refractivity contribution in [2.75, 3.05) is 6.54 Å². The molecular weight excluding hydrogens is 262 g/mol. The lowest BCUT2D eigenvalue weighted by molar-refractivity contribution is 0.204. The van der Waals surface area contributed by atoms with Crippen LogP contribution >= 0.6 is 15.9 Å². The molecule has 1 aliphatic rings. The van der Waals surface area contributed by atoms with Crippen LogP contribution in [0, 0.1) is 0 Å². The maximum Gasteiger partial charge on any atom is 0.0247 e. The van der Waals surface area contributed by atoms with E-state index in [2.05, 4.69) is 52.0 Å². The van der Waals surface area contributed by atoms with Crippen molar-refractivity contribution in [3.63, 3.8) is 0 Å². The van der Waals surface area contributed by atoms with E-state index in [1.54, 1.807) is 0 Å². The summed E-state index contributed by atoms with van der Waals surface area (Å²) in [5.74, 6) is 0. The molecule has 1 aliphatic heterocycles. The monoisotopic (exact) mass is 281 g/mol. The fraction of sp³-hybridized carbons (Fsp3) is 0.571. The third-order valence-electron chi connectivity index (χ3n) is 3.52. The van der Waals surface area contributed by atoms with Crippen LogP contribution in [0.25, 0.3) is 0 Å². The van der Waals surface area contributed by atoms with Crippen molar-refractivity contribution in [3.05, 3.63) is 34.3 Å². The lowest BCUT2D eigenvalue weighted by atomic mass is 10.1. The van der Waals surface area contributed by atoms with Gasteiger partial charge in [-0.2, -0.15) is 0 Å². The van der Waals surface area contributed by atoms with E-state index in [0.29, 0.717) is 0 Å². The first-order valence-corrected chi connectivity index (χ1v) is 7.04. The molecule has 1 nitrogen and oxygen atoms in total. The molecule has 0 aromatic heterocycles. The van der Waals surface area contributed by atoms with Crippen molar-refractivity contribution in [2.24, 2.45) is 0 Å². The molecule has 2 heteroatoms. The van der Waals surface area contributed by atoms with Gasteiger partial charge in [-0.3, -0.25) is 4.90 Å². The highest BCUT2D eigenvalue weighted by atomic mass is 79.9. The first-order valence-electron chi connectivity index (χ1n) is 6.25. The van der Waals surface area contributed by atoms with E-state index in [1.807, 2.05) is 0 Å². The number of hydrogen-bond donors (Lipinski definition) is 0. The van der Waals surface area contributed by atoms with Gasteiger partial charge in [-0.15, -0.1) is 0 Å². The highest BCUT2D eigenvalue weighted by Gasteiger charge is 2.17. The van der Waals surface area contributed by atoms with Crippen molar-refractivity contribution in [1.82, 2.24) is 4.90 Å². The lowest BCUT2D eigenvalue weighted by Crippen LogP contribution is -2.32. The minimum absolute atomic E-state index is 0.731. The zero-order valence-electron chi connectivity index (χ0n) is 9.95. The quantitative estimate of drug-likeness (QED) is 0.785. The van der Waals surface area contributed by atoms with Gasteiger partial charge in [0.1, 0.15) is 0 Å². The molecule has 2 rings (SSSR count). The second kappa shape index (κ2) is 5.83. The van der Waals surface area contributed by atoms with Gasteiger partial charge in [-0.05, 0) is 37.9 Å². The van der Waals surface area contributed by atoms with Crippen molar-refractivity contribution in [1.29, 1.82) is 0 Å². The number of likely N-dealkylation sites (tertiary alicyclic amines) is 1. The molecular formula is C14H20BrN. The number of nitrogens with zero attached hydrogens (tertiary/aromatic N) is 1. The molecule has 0 bridgehead atoms. The standard InChI is InChI=1S/C14H20BrN/c1-12-7-3-2-6-10-16(12)11-13-8-4-5-9-14(13)15/h4-5,8-9,12H,2-3,6-7,10-11H2,1H3. The maximum atomic E-state index is 3.64. The zero-order chi connectivity index (χ0) is 11.4. The molecule has 0 saturated carbocycles. The van der Waals surface area contributed by atoms with Gasteiger partial charge in [0.05, 0.1) is 0 Å². The average molecular weight is 282 g/mol. The Morgan fingerprint density at radius 3 is 2.88 bits per heavy atom. The lowest BCUT2D eigenvalue weighted by Gasteiger charge is -2.27. The summed E-state index contributed by atoms with van der Waals surface area (Å²) in [7, 11) is 0. The minimum Gasteiger partial charge on any atom is -0.296 e. The largest absolute Gasteiger partial charge is 0.296 e. The number of halogens is 1. The molecule has 16 heavy (non-hydrogen) atoms. The topological polar surface area (TPSA) is 3.24 Å². The summed E-state index contributed by atoms with van der Waals surface area (Å²) in [4.78, 5) is 2.62. The van der Waals surface area contributed by atoms with E-state index in [1.165, 1.54) is 42.3 Å².